The molecule has 0 N–H and O–H groups in total. The van der Waals surface area contributed by atoms with E-state index in [2.05, 4.69) is 0 Å². The van der Waals surface area contributed by atoms with E-state index in [0.29, 0.717) is 28.0 Å². The molecule has 0 spiro atoms. The molecule has 0 saturated heterocycles. The highest BCUT2D eigenvalue weighted by Crippen LogP contribution is 2.32. The van der Waals surface area contributed by atoms with Crippen LogP contribution in [0, 0.1) is 0 Å². The number of benzene rings is 2. The van der Waals surface area contributed by atoms with Gasteiger partial charge in [0.1, 0.15) is 0 Å². The second-order valence-corrected chi connectivity index (χ2v) is 5.46. The SMILES string of the molecule is COc1cccc(C(=O)n2sc(=O)c3ccccc32)c1OC. The molecule has 3 aromatic rings. The molecular weight excluding hydrogens is 302 g/mol. The molecular formula is C16H13NO4S. The van der Waals surface area contributed by atoms with Crippen LogP contribution >= 0.6 is 11.5 Å². The maximum absolute atomic E-state index is 12.8. The number of carbonyl (C=O) groups excluding carboxylic acids is 1. The van der Waals surface area contributed by atoms with E-state index in [-0.39, 0.29) is 10.6 Å². The van der Waals surface area contributed by atoms with Gasteiger partial charge in [-0.25, -0.2) is 3.96 Å². The van der Waals surface area contributed by atoms with E-state index in [1.54, 1.807) is 42.5 Å². The van der Waals surface area contributed by atoms with Crippen molar-refractivity contribution in [2.75, 3.05) is 14.2 Å². The summed E-state index contributed by atoms with van der Waals surface area (Å²) in [5.41, 5.74) is 0.936. The zero-order chi connectivity index (χ0) is 15.7. The Labute approximate surface area is 130 Å². The van der Waals surface area contributed by atoms with Gasteiger partial charge in [0.15, 0.2) is 11.5 Å². The number of aromatic nitrogens is 1. The van der Waals surface area contributed by atoms with Gasteiger partial charge in [0.05, 0.1) is 30.7 Å². The molecule has 0 saturated carbocycles. The van der Waals surface area contributed by atoms with E-state index < -0.39 is 0 Å². The van der Waals surface area contributed by atoms with Crippen LogP contribution in [-0.4, -0.2) is 24.1 Å². The van der Waals surface area contributed by atoms with Crippen molar-refractivity contribution in [1.82, 2.24) is 3.96 Å². The maximum Gasteiger partial charge on any atom is 0.275 e. The molecule has 0 amide bonds. The van der Waals surface area contributed by atoms with Gasteiger partial charge in [0.2, 0.25) is 0 Å². The second-order valence-electron chi connectivity index (χ2n) is 4.54. The van der Waals surface area contributed by atoms with Crippen LogP contribution in [0.2, 0.25) is 0 Å². The molecule has 0 aliphatic carbocycles. The molecule has 0 aliphatic rings. The van der Waals surface area contributed by atoms with Gasteiger partial charge < -0.3 is 9.47 Å². The largest absolute Gasteiger partial charge is 0.493 e. The first-order chi connectivity index (χ1) is 10.7. The normalized spacial score (nSPS) is 10.6. The van der Waals surface area contributed by atoms with Gasteiger partial charge in [-0.3, -0.25) is 9.59 Å². The lowest BCUT2D eigenvalue weighted by atomic mass is 10.1. The minimum absolute atomic E-state index is 0.147. The Morgan fingerprint density at radius 3 is 2.55 bits per heavy atom. The van der Waals surface area contributed by atoms with Gasteiger partial charge >= 0.3 is 0 Å². The molecule has 2 aromatic carbocycles. The average molecular weight is 315 g/mol. The summed E-state index contributed by atoms with van der Waals surface area (Å²) in [5, 5.41) is 0.530. The number of para-hydroxylation sites is 2. The number of ether oxygens (including phenoxy) is 2. The van der Waals surface area contributed by atoms with Crippen molar-refractivity contribution in [1.29, 1.82) is 0 Å². The van der Waals surface area contributed by atoms with Crippen molar-refractivity contribution < 1.29 is 14.3 Å². The van der Waals surface area contributed by atoms with Crippen LogP contribution in [0.4, 0.5) is 0 Å². The lowest BCUT2D eigenvalue weighted by molar-refractivity contribution is 0.0972. The Morgan fingerprint density at radius 1 is 1.05 bits per heavy atom. The predicted molar refractivity (Wildman–Crippen MR) is 85.4 cm³/mol. The van der Waals surface area contributed by atoms with Crippen LogP contribution in [0.5, 0.6) is 11.5 Å². The van der Waals surface area contributed by atoms with Crippen LogP contribution in [0.25, 0.3) is 10.9 Å². The summed E-state index contributed by atoms with van der Waals surface area (Å²) in [4.78, 5) is 24.8. The van der Waals surface area contributed by atoms with Gasteiger partial charge in [-0.05, 0) is 35.8 Å². The Hall–Kier alpha value is -2.60. The predicted octanol–water partition coefficient (Wildman–Crippen LogP) is 2.77. The van der Waals surface area contributed by atoms with Crippen LogP contribution in [0.15, 0.2) is 47.3 Å². The van der Waals surface area contributed by atoms with Gasteiger partial charge in [0.25, 0.3) is 10.6 Å². The van der Waals surface area contributed by atoms with Crippen molar-refractivity contribution in [2.24, 2.45) is 0 Å². The van der Waals surface area contributed by atoms with E-state index in [0.717, 1.165) is 11.5 Å². The smallest absolute Gasteiger partial charge is 0.275 e. The average Bonchev–Trinajstić information content (AvgIpc) is 2.90. The van der Waals surface area contributed by atoms with Crippen LogP contribution in [0.3, 0.4) is 0 Å². The number of hydrogen-bond donors (Lipinski definition) is 0. The molecule has 3 rings (SSSR count). The van der Waals surface area contributed by atoms with Crippen LogP contribution in [-0.2, 0) is 0 Å². The summed E-state index contributed by atoms with van der Waals surface area (Å²) in [6.07, 6.45) is 0. The fourth-order valence-electron chi connectivity index (χ4n) is 2.32. The first kappa shape index (κ1) is 14.3. The molecule has 22 heavy (non-hydrogen) atoms. The number of methoxy groups -OCH3 is 2. The van der Waals surface area contributed by atoms with E-state index in [1.807, 2.05) is 0 Å². The number of carbonyl (C=O) groups is 1. The lowest BCUT2D eigenvalue weighted by Gasteiger charge is -2.11. The Bertz CT molecular complexity index is 910. The van der Waals surface area contributed by atoms with E-state index in [9.17, 15) is 9.59 Å². The van der Waals surface area contributed by atoms with E-state index >= 15 is 0 Å². The minimum Gasteiger partial charge on any atom is -0.493 e. The van der Waals surface area contributed by atoms with Gasteiger partial charge in [-0.15, -0.1) is 0 Å². The van der Waals surface area contributed by atoms with Gasteiger partial charge in [-0.1, -0.05) is 18.2 Å². The number of hydrogen-bond acceptors (Lipinski definition) is 5. The third kappa shape index (κ3) is 2.17. The molecule has 0 bridgehead atoms. The monoisotopic (exact) mass is 315 g/mol. The second kappa shape index (κ2) is 5.65. The first-order valence-electron chi connectivity index (χ1n) is 6.54. The van der Waals surface area contributed by atoms with Crippen molar-refractivity contribution in [2.45, 2.75) is 0 Å². The van der Waals surface area contributed by atoms with Gasteiger partial charge in [-0.2, -0.15) is 0 Å². The lowest BCUT2D eigenvalue weighted by Crippen LogP contribution is -2.11. The molecule has 112 valence electrons. The topological polar surface area (TPSA) is 57.5 Å². The van der Waals surface area contributed by atoms with Crippen molar-refractivity contribution in [3.8, 4) is 11.5 Å². The first-order valence-corrected chi connectivity index (χ1v) is 7.31. The highest BCUT2D eigenvalue weighted by molar-refractivity contribution is 7.06. The van der Waals surface area contributed by atoms with E-state index in [1.165, 1.54) is 18.2 Å². The standard InChI is InChI=1S/C16H13NO4S/c1-20-13-9-5-7-11(14(13)21-2)15(18)17-12-8-4-3-6-10(12)16(19)22-17/h3-9H,1-2H3. The van der Waals surface area contributed by atoms with Crippen molar-refractivity contribution in [3.63, 3.8) is 0 Å². The molecule has 0 fully saturated rings. The molecule has 6 heteroatoms. The summed E-state index contributed by atoms with van der Waals surface area (Å²) in [7, 11) is 2.99. The fourth-order valence-corrected chi connectivity index (χ4v) is 3.20. The molecule has 5 nitrogen and oxygen atoms in total. The fraction of sp³-hybridized carbons (Fsp3) is 0.125. The zero-order valence-corrected chi connectivity index (χ0v) is 12.8. The van der Waals surface area contributed by atoms with Crippen LogP contribution < -0.4 is 14.2 Å². The number of rotatable bonds is 3. The Balaban J connectivity index is 2.21. The molecule has 0 unspecified atom stereocenters. The number of fused-ring (bicyclic) bond motifs is 1. The van der Waals surface area contributed by atoms with E-state index in [4.69, 9.17) is 9.47 Å². The highest BCUT2D eigenvalue weighted by atomic mass is 32.1. The van der Waals surface area contributed by atoms with Crippen molar-refractivity contribution in [3.05, 3.63) is 57.6 Å². The molecule has 0 aliphatic heterocycles. The molecule has 0 atom stereocenters. The van der Waals surface area contributed by atoms with Crippen molar-refractivity contribution >= 4 is 28.3 Å². The summed E-state index contributed by atoms with van der Waals surface area (Å²) in [6.45, 7) is 0. The summed E-state index contributed by atoms with van der Waals surface area (Å²) in [6, 6.07) is 12.1. The summed E-state index contributed by atoms with van der Waals surface area (Å²) in [5.74, 6) is 0.503. The maximum atomic E-state index is 12.8. The number of nitrogens with zero attached hydrogens (tertiary/aromatic N) is 1. The Kier molecular flexibility index (Phi) is 3.68. The minimum atomic E-state index is -0.320. The highest BCUT2D eigenvalue weighted by Gasteiger charge is 2.20. The van der Waals surface area contributed by atoms with Gasteiger partial charge in [0, 0.05) is 0 Å². The summed E-state index contributed by atoms with van der Waals surface area (Å²) >= 11 is 0.878. The summed E-state index contributed by atoms with van der Waals surface area (Å²) < 4.78 is 11.7. The molecule has 1 heterocycles. The zero-order valence-electron chi connectivity index (χ0n) is 12.0. The third-order valence-corrected chi connectivity index (χ3v) is 4.27. The molecule has 1 aromatic heterocycles. The Morgan fingerprint density at radius 2 is 1.82 bits per heavy atom. The third-order valence-electron chi connectivity index (χ3n) is 3.33. The quantitative estimate of drug-likeness (QED) is 0.746. The molecule has 0 radical (unpaired) electrons. The van der Waals surface area contributed by atoms with Crippen LogP contribution in [0.1, 0.15) is 10.4 Å².